The van der Waals surface area contributed by atoms with Gasteiger partial charge in [0.15, 0.2) is 5.75 Å². The van der Waals surface area contributed by atoms with Gasteiger partial charge in [-0.25, -0.2) is 4.39 Å². The van der Waals surface area contributed by atoms with Gasteiger partial charge in [-0.05, 0) is 36.4 Å². The van der Waals surface area contributed by atoms with Crippen molar-refractivity contribution < 1.29 is 19.3 Å². The second kappa shape index (κ2) is 7.02. The van der Waals surface area contributed by atoms with Gasteiger partial charge >= 0.3 is 0 Å². The second-order valence-electron chi connectivity index (χ2n) is 7.18. The number of likely N-dealkylation sites (N-methyl/N-ethyl adjacent to an activating group) is 1. The monoisotopic (exact) mass is 353 g/mol. The van der Waals surface area contributed by atoms with Gasteiger partial charge in [-0.2, -0.15) is 0 Å². The summed E-state index contributed by atoms with van der Waals surface area (Å²) in [4.78, 5) is 7.29. The number of pyridine rings is 1. The molecule has 1 aliphatic heterocycles. The molecule has 5 heteroatoms. The smallest absolute Gasteiger partial charge is 0.151 e. The summed E-state index contributed by atoms with van der Waals surface area (Å²) in [5.74, 6) is -0.00841. The standard InChI is InChI=1S/C21H22FN3O/c1-24-11-13-25(14-12-24)20(16-4-7-17(22)8-5-16)18-9-6-15-3-2-10-23-19(15)21(18)26/h2-10,20,26H,11-14H2,1H3/p+2/t20-/m1/s1. The highest BCUT2D eigenvalue weighted by Crippen LogP contribution is 2.33. The number of piperazine rings is 1. The van der Waals surface area contributed by atoms with Crippen molar-refractivity contribution in [3.63, 3.8) is 0 Å². The minimum atomic E-state index is -0.241. The SMILES string of the molecule is C[NH+]1CC[NH+]([C@H](c2ccc(F)cc2)c2ccc3cccnc3c2O)CC1. The van der Waals surface area contributed by atoms with Crippen LogP contribution in [-0.4, -0.2) is 43.3 Å². The van der Waals surface area contributed by atoms with E-state index in [2.05, 4.69) is 12.0 Å². The molecular formula is C21H24FN3O+2. The molecule has 1 aromatic heterocycles. The lowest BCUT2D eigenvalue weighted by molar-refractivity contribution is -1.02. The maximum atomic E-state index is 13.5. The Hall–Kier alpha value is -2.50. The summed E-state index contributed by atoms with van der Waals surface area (Å²) in [6.45, 7) is 4.18. The number of phenols is 1. The Balaban J connectivity index is 1.82. The number of hydrogen-bond acceptors (Lipinski definition) is 2. The molecule has 4 rings (SSSR count). The summed E-state index contributed by atoms with van der Waals surface area (Å²) in [7, 11) is 2.21. The number of aromatic nitrogens is 1. The van der Waals surface area contributed by atoms with Crippen LogP contribution in [-0.2, 0) is 0 Å². The summed E-state index contributed by atoms with van der Waals surface area (Å²) in [6.07, 6.45) is 1.70. The lowest BCUT2D eigenvalue weighted by atomic mass is 9.94. The minimum absolute atomic E-state index is 0.0323. The number of halogens is 1. The number of quaternary nitrogens is 2. The molecule has 2 aromatic carbocycles. The van der Waals surface area contributed by atoms with Gasteiger partial charge in [0.1, 0.15) is 43.6 Å². The van der Waals surface area contributed by atoms with Crippen LogP contribution in [0, 0.1) is 5.82 Å². The Morgan fingerprint density at radius 2 is 1.73 bits per heavy atom. The lowest BCUT2D eigenvalue weighted by Gasteiger charge is -2.34. The quantitative estimate of drug-likeness (QED) is 0.645. The predicted octanol–water partition coefficient (Wildman–Crippen LogP) is 0.582. The maximum absolute atomic E-state index is 13.5. The molecule has 0 radical (unpaired) electrons. The topological polar surface area (TPSA) is 42.0 Å². The highest BCUT2D eigenvalue weighted by Gasteiger charge is 2.33. The summed E-state index contributed by atoms with van der Waals surface area (Å²) in [5, 5.41) is 11.9. The van der Waals surface area contributed by atoms with Crippen molar-refractivity contribution in [2.75, 3.05) is 33.2 Å². The normalized spacial score (nSPS) is 21.6. The molecule has 1 atom stereocenters. The van der Waals surface area contributed by atoms with Crippen LogP contribution in [0.15, 0.2) is 54.7 Å². The Morgan fingerprint density at radius 3 is 2.46 bits per heavy atom. The fraction of sp³-hybridized carbons (Fsp3) is 0.286. The Labute approximate surface area is 152 Å². The Bertz CT molecular complexity index is 905. The van der Waals surface area contributed by atoms with E-state index in [1.54, 1.807) is 6.20 Å². The highest BCUT2D eigenvalue weighted by molar-refractivity contribution is 5.85. The lowest BCUT2D eigenvalue weighted by Crippen LogP contribution is -3.27. The van der Waals surface area contributed by atoms with Gasteiger partial charge < -0.3 is 14.9 Å². The van der Waals surface area contributed by atoms with E-state index >= 15 is 0 Å². The van der Waals surface area contributed by atoms with Crippen molar-refractivity contribution >= 4 is 10.9 Å². The number of rotatable bonds is 3. The molecule has 0 spiro atoms. The molecule has 2 heterocycles. The summed E-state index contributed by atoms with van der Waals surface area (Å²) >= 11 is 0. The number of nitrogens with one attached hydrogen (secondary N) is 2. The van der Waals surface area contributed by atoms with Gasteiger partial charge in [-0.15, -0.1) is 0 Å². The molecule has 0 aliphatic carbocycles. The summed E-state index contributed by atoms with van der Waals surface area (Å²) < 4.78 is 13.5. The highest BCUT2D eigenvalue weighted by atomic mass is 19.1. The minimum Gasteiger partial charge on any atom is -0.505 e. The third kappa shape index (κ3) is 3.16. The molecule has 1 saturated heterocycles. The third-order valence-corrected chi connectivity index (χ3v) is 5.45. The van der Waals surface area contributed by atoms with Crippen LogP contribution in [0.25, 0.3) is 10.9 Å². The molecule has 3 aromatic rings. The van der Waals surface area contributed by atoms with Gasteiger partial charge in [-0.1, -0.05) is 12.1 Å². The van der Waals surface area contributed by atoms with Crippen LogP contribution >= 0.6 is 0 Å². The first-order valence-electron chi connectivity index (χ1n) is 9.11. The van der Waals surface area contributed by atoms with Crippen LogP contribution in [0.2, 0.25) is 0 Å². The molecule has 134 valence electrons. The number of hydrogen-bond donors (Lipinski definition) is 3. The Kier molecular flexibility index (Phi) is 4.57. The van der Waals surface area contributed by atoms with Crippen molar-refractivity contribution in [1.82, 2.24) is 4.98 Å². The van der Waals surface area contributed by atoms with E-state index < -0.39 is 0 Å². The average molecular weight is 353 g/mol. The average Bonchev–Trinajstić information content (AvgIpc) is 2.67. The molecule has 0 saturated carbocycles. The van der Waals surface area contributed by atoms with E-state index in [1.165, 1.54) is 21.9 Å². The number of benzene rings is 2. The second-order valence-corrected chi connectivity index (χ2v) is 7.18. The van der Waals surface area contributed by atoms with Crippen molar-refractivity contribution in [2.45, 2.75) is 6.04 Å². The number of nitrogens with zero attached hydrogens (tertiary/aromatic N) is 1. The van der Waals surface area contributed by atoms with Gasteiger partial charge in [0.2, 0.25) is 0 Å². The number of fused-ring (bicyclic) bond motifs is 1. The van der Waals surface area contributed by atoms with Crippen molar-refractivity contribution in [3.8, 4) is 5.75 Å². The van der Waals surface area contributed by atoms with E-state index in [-0.39, 0.29) is 17.6 Å². The fourth-order valence-electron chi connectivity index (χ4n) is 3.96. The molecule has 1 fully saturated rings. The fourth-order valence-corrected chi connectivity index (χ4v) is 3.96. The van der Waals surface area contributed by atoms with Crippen LogP contribution in [0.4, 0.5) is 4.39 Å². The van der Waals surface area contributed by atoms with Gasteiger partial charge in [0.05, 0.1) is 12.6 Å². The molecule has 3 N–H and O–H groups in total. The van der Waals surface area contributed by atoms with E-state index in [9.17, 15) is 9.50 Å². The van der Waals surface area contributed by atoms with Crippen molar-refractivity contribution in [2.24, 2.45) is 0 Å². The summed E-state index contributed by atoms with van der Waals surface area (Å²) in [5.41, 5.74) is 2.50. The zero-order valence-electron chi connectivity index (χ0n) is 14.9. The third-order valence-electron chi connectivity index (χ3n) is 5.45. The van der Waals surface area contributed by atoms with Gasteiger partial charge in [-0.3, -0.25) is 4.98 Å². The molecule has 1 aliphatic rings. The van der Waals surface area contributed by atoms with Gasteiger partial charge in [0, 0.05) is 17.1 Å². The first kappa shape index (κ1) is 16.9. The van der Waals surface area contributed by atoms with E-state index in [0.717, 1.165) is 42.7 Å². The maximum Gasteiger partial charge on any atom is 0.151 e. The van der Waals surface area contributed by atoms with Crippen LogP contribution in [0.1, 0.15) is 17.2 Å². The molecule has 0 unspecified atom stereocenters. The molecular weight excluding hydrogens is 329 g/mol. The molecule has 4 nitrogen and oxygen atoms in total. The molecule has 0 bridgehead atoms. The van der Waals surface area contributed by atoms with Crippen LogP contribution in [0.3, 0.4) is 0 Å². The van der Waals surface area contributed by atoms with Crippen molar-refractivity contribution in [1.29, 1.82) is 0 Å². The van der Waals surface area contributed by atoms with Crippen molar-refractivity contribution in [3.05, 3.63) is 71.7 Å². The molecule has 0 amide bonds. The molecule has 26 heavy (non-hydrogen) atoms. The van der Waals surface area contributed by atoms with Crippen LogP contribution < -0.4 is 9.80 Å². The first-order valence-corrected chi connectivity index (χ1v) is 9.11. The van der Waals surface area contributed by atoms with E-state index in [0.29, 0.717) is 5.52 Å². The van der Waals surface area contributed by atoms with E-state index in [4.69, 9.17) is 0 Å². The van der Waals surface area contributed by atoms with Gasteiger partial charge in [0.25, 0.3) is 0 Å². The van der Waals surface area contributed by atoms with Crippen LogP contribution in [0.5, 0.6) is 5.75 Å². The van der Waals surface area contributed by atoms with E-state index in [1.807, 2.05) is 36.4 Å². The first-order chi connectivity index (χ1) is 12.6. The Morgan fingerprint density at radius 1 is 1.00 bits per heavy atom. The number of aromatic hydroxyl groups is 1. The zero-order chi connectivity index (χ0) is 18.1. The summed E-state index contributed by atoms with van der Waals surface area (Å²) in [6, 6.07) is 14.5. The predicted molar refractivity (Wildman–Crippen MR) is 99.0 cm³/mol. The largest absolute Gasteiger partial charge is 0.505 e. The zero-order valence-corrected chi connectivity index (χ0v) is 14.9. The number of phenolic OH excluding ortho intramolecular Hbond substituents is 1.